The van der Waals surface area contributed by atoms with Gasteiger partial charge in [-0.3, -0.25) is 9.36 Å². The maximum Gasteiger partial charge on any atom is 0.338 e. The van der Waals surface area contributed by atoms with Crippen molar-refractivity contribution >= 4 is 29.4 Å². The molecule has 3 heterocycles. The number of carboxylic acid groups (broad SMARTS) is 1. The topological polar surface area (TPSA) is 130 Å². The SMILES string of the molecule is CCOC(=O)C1=C(C)N=c2sc(=Cc3ccc(-c4ccc(C(=O)O)cc4)o3)c(=O)n2C1c1ccc(OC)cc1OC. The summed E-state index contributed by atoms with van der Waals surface area (Å²) < 4.78 is 24.1. The van der Waals surface area contributed by atoms with Crippen molar-refractivity contribution in [3.8, 4) is 22.8 Å². The Morgan fingerprint density at radius 1 is 1.10 bits per heavy atom. The number of allylic oxidation sites excluding steroid dienone is 1. The van der Waals surface area contributed by atoms with E-state index in [2.05, 4.69) is 4.99 Å². The zero-order chi connectivity index (χ0) is 29.3. The number of ether oxygens (including phenoxy) is 3. The van der Waals surface area contributed by atoms with Gasteiger partial charge in [0.05, 0.1) is 42.2 Å². The van der Waals surface area contributed by atoms with Crippen LogP contribution in [0.25, 0.3) is 17.4 Å². The van der Waals surface area contributed by atoms with Gasteiger partial charge in [-0.2, -0.15) is 0 Å². The molecule has 0 saturated heterocycles. The summed E-state index contributed by atoms with van der Waals surface area (Å²) in [5, 5.41) is 9.14. The highest BCUT2D eigenvalue weighted by Crippen LogP contribution is 2.37. The fourth-order valence-electron chi connectivity index (χ4n) is 4.62. The average Bonchev–Trinajstić information content (AvgIpc) is 3.56. The van der Waals surface area contributed by atoms with Crippen molar-refractivity contribution < 1.29 is 33.3 Å². The fraction of sp³-hybridized carbons (Fsp3) is 0.200. The summed E-state index contributed by atoms with van der Waals surface area (Å²) in [7, 11) is 3.04. The number of thiazole rings is 1. The molecule has 0 saturated carbocycles. The van der Waals surface area contributed by atoms with Gasteiger partial charge < -0.3 is 23.7 Å². The van der Waals surface area contributed by atoms with Crippen molar-refractivity contribution in [1.29, 1.82) is 0 Å². The molecule has 2 aromatic carbocycles. The maximum absolute atomic E-state index is 13.9. The van der Waals surface area contributed by atoms with Gasteiger partial charge in [0.2, 0.25) is 0 Å². The minimum atomic E-state index is -1.01. The molecule has 0 radical (unpaired) electrons. The summed E-state index contributed by atoms with van der Waals surface area (Å²) in [6, 6.07) is 14.1. The summed E-state index contributed by atoms with van der Waals surface area (Å²) in [6.45, 7) is 3.58. The molecular weight excluding hydrogens is 548 g/mol. The average molecular weight is 575 g/mol. The van der Waals surface area contributed by atoms with E-state index in [-0.39, 0.29) is 23.3 Å². The minimum Gasteiger partial charge on any atom is -0.497 e. The van der Waals surface area contributed by atoms with Crippen molar-refractivity contribution in [3.63, 3.8) is 0 Å². The van der Waals surface area contributed by atoms with Crippen molar-refractivity contribution in [1.82, 2.24) is 4.57 Å². The normalized spacial score (nSPS) is 14.8. The first kappa shape index (κ1) is 27.7. The van der Waals surface area contributed by atoms with Crippen LogP contribution in [0.5, 0.6) is 11.5 Å². The zero-order valence-electron chi connectivity index (χ0n) is 22.7. The van der Waals surface area contributed by atoms with Crippen molar-refractivity contribution in [2.45, 2.75) is 19.9 Å². The lowest BCUT2D eigenvalue weighted by Gasteiger charge is -2.26. The smallest absolute Gasteiger partial charge is 0.338 e. The van der Waals surface area contributed by atoms with E-state index in [0.717, 1.165) is 0 Å². The van der Waals surface area contributed by atoms with Gasteiger partial charge in [0, 0.05) is 23.3 Å². The second kappa shape index (κ2) is 11.3. The molecule has 10 nitrogen and oxygen atoms in total. The molecule has 1 atom stereocenters. The predicted octanol–water partition coefficient (Wildman–Crippen LogP) is 3.77. The van der Waals surface area contributed by atoms with E-state index in [1.807, 2.05) is 0 Å². The monoisotopic (exact) mass is 574 g/mol. The number of benzene rings is 2. The predicted molar refractivity (Wildman–Crippen MR) is 151 cm³/mol. The number of esters is 1. The molecular formula is C30H26N2O8S. The van der Waals surface area contributed by atoms with E-state index >= 15 is 0 Å². The van der Waals surface area contributed by atoms with Gasteiger partial charge in [-0.05, 0) is 50.2 Å². The van der Waals surface area contributed by atoms with Gasteiger partial charge in [-0.25, -0.2) is 14.6 Å². The Balaban J connectivity index is 1.63. The van der Waals surface area contributed by atoms with Gasteiger partial charge in [0.15, 0.2) is 4.80 Å². The summed E-state index contributed by atoms with van der Waals surface area (Å²) in [5.41, 5.74) is 1.74. The van der Waals surface area contributed by atoms with E-state index in [1.54, 1.807) is 62.4 Å². The number of hydrogen-bond acceptors (Lipinski definition) is 9. The van der Waals surface area contributed by atoms with Crippen LogP contribution in [0.3, 0.4) is 0 Å². The molecule has 41 heavy (non-hydrogen) atoms. The number of fused-ring (bicyclic) bond motifs is 1. The number of carbonyl (C=O) groups is 2. The summed E-state index contributed by atoms with van der Waals surface area (Å²) >= 11 is 1.17. The molecule has 0 bridgehead atoms. The molecule has 1 unspecified atom stereocenters. The second-order valence-electron chi connectivity index (χ2n) is 8.99. The fourth-order valence-corrected chi connectivity index (χ4v) is 5.65. The molecule has 1 N–H and O–H groups in total. The van der Waals surface area contributed by atoms with E-state index in [0.29, 0.717) is 49.2 Å². The first-order valence-electron chi connectivity index (χ1n) is 12.6. The third-order valence-electron chi connectivity index (χ3n) is 6.57. The zero-order valence-corrected chi connectivity index (χ0v) is 23.5. The van der Waals surface area contributed by atoms with Crippen LogP contribution in [-0.4, -0.2) is 42.4 Å². The van der Waals surface area contributed by atoms with Crippen molar-refractivity contribution in [2.75, 3.05) is 20.8 Å². The number of carbonyl (C=O) groups excluding carboxylic acids is 1. The summed E-state index contributed by atoms with van der Waals surface area (Å²) in [4.78, 5) is 43.2. The van der Waals surface area contributed by atoms with Gasteiger partial charge in [0.25, 0.3) is 5.56 Å². The molecule has 0 fully saturated rings. The van der Waals surface area contributed by atoms with Crippen LogP contribution in [0, 0.1) is 0 Å². The number of aromatic nitrogens is 1. The molecule has 5 rings (SSSR count). The standard InChI is InChI=1S/C30H26N2O8S/c1-5-39-29(36)25-16(2)31-30-32(26(25)21-12-10-19(37-3)14-23(21)38-4)27(33)24(41-30)15-20-11-13-22(40-20)17-6-8-18(9-7-17)28(34)35/h6-15,26H,5H2,1-4H3,(H,34,35). The molecule has 4 aromatic rings. The lowest BCUT2D eigenvalue weighted by atomic mass is 9.95. The molecule has 0 aliphatic carbocycles. The highest BCUT2D eigenvalue weighted by Gasteiger charge is 2.35. The van der Waals surface area contributed by atoms with Crippen LogP contribution in [0.1, 0.15) is 41.6 Å². The highest BCUT2D eigenvalue weighted by atomic mass is 32.1. The first-order valence-corrected chi connectivity index (χ1v) is 13.4. The van der Waals surface area contributed by atoms with Crippen LogP contribution < -0.4 is 24.4 Å². The number of nitrogens with zero attached hydrogens (tertiary/aromatic N) is 2. The first-order chi connectivity index (χ1) is 19.7. The van der Waals surface area contributed by atoms with Gasteiger partial charge in [-0.1, -0.05) is 23.5 Å². The molecule has 1 aliphatic heterocycles. The molecule has 1 aliphatic rings. The largest absolute Gasteiger partial charge is 0.497 e. The molecule has 0 spiro atoms. The van der Waals surface area contributed by atoms with Crippen LogP contribution in [0.4, 0.5) is 0 Å². The Kier molecular flexibility index (Phi) is 7.62. The quantitative estimate of drug-likeness (QED) is 0.315. The van der Waals surface area contributed by atoms with Gasteiger partial charge in [-0.15, -0.1) is 0 Å². The third kappa shape index (κ3) is 5.19. The van der Waals surface area contributed by atoms with Crippen molar-refractivity contribution in [2.24, 2.45) is 4.99 Å². The Morgan fingerprint density at radius 3 is 2.51 bits per heavy atom. The van der Waals surface area contributed by atoms with Crippen LogP contribution in [0.15, 0.2) is 80.1 Å². The minimum absolute atomic E-state index is 0.159. The molecule has 210 valence electrons. The maximum atomic E-state index is 13.9. The van der Waals surface area contributed by atoms with Crippen molar-refractivity contribution in [3.05, 3.63) is 102 Å². The van der Waals surface area contributed by atoms with E-state index in [9.17, 15) is 14.4 Å². The number of aromatic carboxylic acids is 1. The summed E-state index contributed by atoms with van der Waals surface area (Å²) in [5.74, 6) is 0.344. The molecule has 2 aromatic heterocycles. The number of furan rings is 1. The van der Waals surface area contributed by atoms with Gasteiger partial charge >= 0.3 is 11.9 Å². The van der Waals surface area contributed by atoms with E-state index in [1.165, 1.54) is 42.3 Å². The van der Waals surface area contributed by atoms with E-state index in [4.69, 9.17) is 23.7 Å². The number of rotatable bonds is 8. The van der Waals surface area contributed by atoms with Crippen LogP contribution >= 0.6 is 11.3 Å². The second-order valence-corrected chi connectivity index (χ2v) is 10.0. The van der Waals surface area contributed by atoms with Crippen LogP contribution in [-0.2, 0) is 9.53 Å². The van der Waals surface area contributed by atoms with E-state index < -0.39 is 18.0 Å². The third-order valence-corrected chi connectivity index (χ3v) is 7.55. The van der Waals surface area contributed by atoms with Crippen LogP contribution in [0.2, 0.25) is 0 Å². The lowest BCUT2D eigenvalue weighted by Crippen LogP contribution is -2.40. The Labute approximate surface area is 238 Å². The number of hydrogen-bond donors (Lipinski definition) is 1. The number of carboxylic acids is 1. The Hall–Kier alpha value is -4.90. The molecule has 11 heteroatoms. The number of methoxy groups -OCH3 is 2. The van der Waals surface area contributed by atoms with Gasteiger partial charge in [0.1, 0.15) is 29.1 Å². The highest BCUT2D eigenvalue weighted by molar-refractivity contribution is 7.07. The Bertz CT molecular complexity index is 1860. The lowest BCUT2D eigenvalue weighted by molar-refractivity contribution is -0.139. The Morgan fingerprint density at radius 2 is 1.85 bits per heavy atom. The summed E-state index contributed by atoms with van der Waals surface area (Å²) in [6.07, 6.45) is 1.62. The molecule has 0 amide bonds.